The van der Waals surface area contributed by atoms with Gasteiger partial charge >= 0.3 is 5.97 Å². The van der Waals surface area contributed by atoms with Crippen molar-refractivity contribution >= 4 is 21.9 Å². The van der Waals surface area contributed by atoms with Crippen molar-refractivity contribution in [1.82, 2.24) is 0 Å². The minimum atomic E-state index is -0.464. The fraction of sp³-hybridized carbons (Fsp3) is 0.625. The number of halogens is 1. The predicted molar refractivity (Wildman–Crippen MR) is 48.0 cm³/mol. The van der Waals surface area contributed by atoms with Crippen molar-refractivity contribution in [2.24, 2.45) is 0 Å². The summed E-state index contributed by atoms with van der Waals surface area (Å²) in [7, 11) is 0. The minimum absolute atomic E-state index is 0.257. The van der Waals surface area contributed by atoms with Crippen molar-refractivity contribution in [1.29, 1.82) is 0 Å². The second-order valence-corrected chi connectivity index (χ2v) is 4.15. The van der Waals surface area contributed by atoms with E-state index < -0.39 is 6.10 Å². The second-order valence-electron chi connectivity index (χ2n) is 2.78. The lowest BCUT2D eigenvalue weighted by Gasteiger charge is -2.11. The molecule has 1 aliphatic rings. The maximum atomic E-state index is 11.0. The number of rotatable bonds is 2. The molecular weight excluding hydrogens is 224 g/mol. The van der Waals surface area contributed by atoms with Crippen LogP contribution in [-0.4, -0.2) is 28.1 Å². The summed E-state index contributed by atoms with van der Waals surface area (Å²) >= 11 is 3.10. The van der Waals surface area contributed by atoms with Gasteiger partial charge in [0.25, 0.3) is 0 Å². The molecule has 4 heteroatoms. The monoisotopic (exact) mass is 234 g/mol. The van der Waals surface area contributed by atoms with Crippen LogP contribution in [0, 0.1) is 0 Å². The molecule has 0 saturated carbocycles. The van der Waals surface area contributed by atoms with E-state index >= 15 is 0 Å². The van der Waals surface area contributed by atoms with Gasteiger partial charge in [-0.15, -0.1) is 0 Å². The highest BCUT2D eigenvalue weighted by Gasteiger charge is 2.21. The van der Waals surface area contributed by atoms with Gasteiger partial charge in [-0.25, -0.2) is 0 Å². The molecule has 0 bridgehead atoms. The molecule has 0 amide bonds. The largest absolute Gasteiger partial charge is 0.457 e. The van der Waals surface area contributed by atoms with Crippen LogP contribution < -0.4 is 0 Å². The van der Waals surface area contributed by atoms with Gasteiger partial charge in [0.05, 0.1) is 6.10 Å². The summed E-state index contributed by atoms with van der Waals surface area (Å²) in [5.74, 6) is -0.293. The quantitative estimate of drug-likeness (QED) is 0.441. The van der Waals surface area contributed by atoms with Gasteiger partial charge in [-0.2, -0.15) is 0 Å². The molecule has 0 aromatic rings. The standard InChI is InChI=1S/C8H11BrO3/c1-5(9)8(11)12-7-3-2-6(10)4-7/h2-3,5-7,10H,4H2,1H3/t5-,6-,7+/m0/s1. The maximum absolute atomic E-state index is 11.0. The zero-order chi connectivity index (χ0) is 9.14. The Kier molecular flexibility index (Phi) is 3.29. The molecular formula is C8H11BrO3. The molecule has 1 N–H and O–H groups in total. The SMILES string of the molecule is C[C@H](Br)C(=O)O[C@@H]1C=C[C@H](O)C1. The van der Waals surface area contributed by atoms with Crippen LogP contribution in [0.25, 0.3) is 0 Å². The van der Waals surface area contributed by atoms with Gasteiger partial charge in [-0.05, 0) is 13.0 Å². The van der Waals surface area contributed by atoms with E-state index in [0.29, 0.717) is 6.42 Å². The fourth-order valence-electron chi connectivity index (χ4n) is 0.978. The van der Waals surface area contributed by atoms with Crippen LogP contribution in [-0.2, 0) is 9.53 Å². The van der Waals surface area contributed by atoms with E-state index in [0.717, 1.165) is 0 Å². The highest BCUT2D eigenvalue weighted by molar-refractivity contribution is 9.10. The van der Waals surface area contributed by atoms with Crippen LogP contribution in [0.1, 0.15) is 13.3 Å². The Bertz CT molecular complexity index is 200. The van der Waals surface area contributed by atoms with E-state index in [1.54, 1.807) is 19.1 Å². The van der Waals surface area contributed by atoms with E-state index in [9.17, 15) is 4.79 Å². The molecule has 0 aliphatic heterocycles. The molecule has 3 nitrogen and oxygen atoms in total. The number of aliphatic hydroxyl groups is 1. The first-order valence-electron chi connectivity index (χ1n) is 3.80. The third-order valence-electron chi connectivity index (χ3n) is 1.61. The number of aliphatic hydroxyl groups excluding tert-OH is 1. The van der Waals surface area contributed by atoms with E-state index in [-0.39, 0.29) is 16.9 Å². The number of hydrogen-bond acceptors (Lipinski definition) is 3. The van der Waals surface area contributed by atoms with Crippen LogP contribution in [0.2, 0.25) is 0 Å². The Labute approximate surface area is 79.5 Å². The normalized spacial score (nSPS) is 30.2. The summed E-state index contributed by atoms with van der Waals surface area (Å²) in [5, 5.41) is 9.06. The van der Waals surface area contributed by atoms with Gasteiger partial charge in [0.1, 0.15) is 10.9 Å². The Morgan fingerprint density at radius 2 is 2.42 bits per heavy atom. The van der Waals surface area contributed by atoms with Gasteiger partial charge < -0.3 is 9.84 Å². The highest BCUT2D eigenvalue weighted by Crippen LogP contribution is 2.15. The van der Waals surface area contributed by atoms with Gasteiger partial charge in [0.15, 0.2) is 0 Å². The summed E-state index contributed by atoms with van der Waals surface area (Å²) in [6, 6.07) is 0. The molecule has 3 atom stereocenters. The summed E-state index contributed by atoms with van der Waals surface area (Å²) in [4.78, 5) is 10.7. The highest BCUT2D eigenvalue weighted by atomic mass is 79.9. The molecule has 0 heterocycles. The first-order chi connectivity index (χ1) is 5.59. The lowest BCUT2D eigenvalue weighted by Crippen LogP contribution is -2.21. The van der Waals surface area contributed by atoms with Gasteiger partial charge in [0.2, 0.25) is 0 Å². The molecule has 0 spiro atoms. The molecule has 1 aliphatic carbocycles. The van der Waals surface area contributed by atoms with Crippen LogP contribution in [0.4, 0.5) is 0 Å². The first kappa shape index (κ1) is 9.74. The lowest BCUT2D eigenvalue weighted by atomic mass is 10.3. The average molecular weight is 235 g/mol. The van der Waals surface area contributed by atoms with Gasteiger partial charge in [-0.1, -0.05) is 22.0 Å². The van der Waals surface area contributed by atoms with E-state index in [1.165, 1.54) is 0 Å². The van der Waals surface area contributed by atoms with Crippen molar-refractivity contribution in [3.05, 3.63) is 12.2 Å². The Morgan fingerprint density at radius 1 is 1.75 bits per heavy atom. The molecule has 0 aromatic carbocycles. The third kappa shape index (κ3) is 2.60. The molecule has 68 valence electrons. The smallest absolute Gasteiger partial charge is 0.320 e. The number of ether oxygens (including phenoxy) is 1. The number of carbonyl (C=O) groups excluding carboxylic acids is 1. The Hall–Kier alpha value is -0.350. The minimum Gasteiger partial charge on any atom is -0.457 e. The third-order valence-corrected chi connectivity index (χ3v) is 1.99. The van der Waals surface area contributed by atoms with Crippen molar-refractivity contribution in [3.63, 3.8) is 0 Å². The average Bonchev–Trinajstić information content (AvgIpc) is 2.35. The molecule has 0 saturated heterocycles. The topological polar surface area (TPSA) is 46.5 Å². The van der Waals surface area contributed by atoms with Crippen LogP contribution >= 0.6 is 15.9 Å². The molecule has 0 aromatic heterocycles. The van der Waals surface area contributed by atoms with Crippen molar-refractivity contribution < 1.29 is 14.6 Å². The number of alkyl halides is 1. The van der Waals surface area contributed by atoms with E-state index in [1.807, 2.05) is 0 Å². The van der Waals surface area contributed by atoms with E-state index in [4.69, 9.17) is 9.84 Å². The summed E-state index contributed by atoms with van der Waals surface area (Å²) in [6.07, 6.45) is 3.10. The number of esters is 1. The summed E-state index contributed by atoms with van der Waals surface area (Å²) in [6.45, 7) is 1.71. The molecule has 12 heavy (non-hydrogen) atoms. The number of hydrogen-bond donors (Lipinski definition) is 1. The summed E-state index contributed by atoms with van der Waals surface area (Å²) in [5.41, 5.74) is 0. The molecule has 0 radical (unpaired) electrons. The van der Waals surface area contributed by atoms with Crippen molar-refractivity contribution in [3.8, 4) is 0 Å². The van der Waals surface area contributed by atoms with E-state index in [2.05, 4.69) is 15.9 Å². The van der Waals surface area contributed by atoms with Gasteiger partial charge in [0, 0.05) is 6.42 Å². The zero-order valence-corrected chi connectivity index (χ0v) is 8.32. The Balaban J connectivity index is 2.34. The zero-order valence-electron chi connectivity index (χ0n) is 6.74. The second kappa shape index (κ2) is 4.05. The van der Waals surface area contributed by atoms with Crippen LogP contribution in [0.15, 0.2) is 12.2 Å². The van der Waals surface area contributed by atoms with Crippen molar-refractivity contribution in [2.45, 2.75) is 30.4 Å². The fourth-order valence-corrected chi connectivity index (χ4v) is 1.09. The predicted octanol–water partition coefficient (Wildman–Crippen LogP) is 1.00. The van der Waals surface area contributed by atoms with Gasteiger partial charge in [-0.3, -0.25) is 4.79 Å². The summed E-state index contributed by atoms with van der Waals surface area (Å²) < 4.78 is 5.01. The van der Waals surface area contributed by atoms with Crippen LogP contribution in [0.3, 0.4) is 0 Å². The molecule has 0 fully saturated rings. The molecule has 0 unspecified atom stereocenters. The Morgan fingerprint density at radius 3 is 2.83 bits per heavy atom. The number of carbonyl (C=O) groups is 1. The molecule has 1 rings (SSSR count). The van der Waals surface area contributed by atoms with Crippen molar-refractivity contribution in [2.75, 3.05) is 0 Å². The van der Waals surface area contributed by atoms with Crippen LogP contribution in [0.5, 0.6) is 0 Å². The maximum Gasteiger partial charge on any atom is 0.320 e. The lowest BCUT2D eigenvalue weighted by molar-refractivity contribution is -0.146. The first-order valence-corrected chi connectivity index (χ1v) is 4.72.